The van der Waals surface area contributed by atoms with Crippen molar-refractivity contribution in [2.45, 2.75) is 6.92 Å². The molecular weight excluding hydrogens is 282 g/mol. The number of pyridine rings is 1. The van der Waals surface area contributed by atoms with E-state index in [1.54, 1.807) is 18.3 Å². The normalized spacial score (nSPS) is 10.0. The standard InChI is InChI=1S/C13H10BrNO2/c1-9(16)17-10-5-6-11(12(14)8-10)13-4-2-3-7-15-13/h2-8H,1H3. The Labute approximate surface area is 108 Å². The second kappa shape index (κ2) is 5.10. The summed E-state index contributed by atoms with van der Waals surface area (Å²) in [5.41, 5.74) is 1.83. The number of nitrogens with zero attached hydrogens (tertiary/aromatic N) is 1. The Morgan fingerprint density at radius 1 is 1.29 bits per heavy atom. The molecule has 2 aromatic rings. The lowest BCUT2D eigenvalue weighted by atomic mass is 10.1. The van der Waals surface area contributed by atoms with E-state index in [9.17, 15) is 4.79 Å². The number of hydrogen-bond donors (Lipinski definition) is 0. The third-order valence-electron chi connectivity index (χ3n) is 2.14. The van der Waals surface area contributed by atoms with Crippen LogP contribution >= 0.6 is 15.9 Å². The van der Waals surface area contributed by atoms with Crippen LogP contribution in [0.25, 0.3) is 11.3 Å². The fourth-order valence-corrected chi connectivity index (χ4v) is 2.02. The molecule has 17 heavy (non-hydrogen) atoms. The molecule has 1 aromatic heterocycles. The van der Waals surface area contributed by atoms with Gasteiger partial charge in [0.05, 0.1) is 5.69 Å². The van der Waals surface area contributed by atoms with Crippen LogP contribution in [0.4, 0.5) is 0 Å². The molecular formula is C13H10BrNO2. The molecule has 1 heterocycles. The lowest BCUT2D eigenvalue weighted by molar-refractivity contribution is -0.131. The van der Waals surface area contributed by atoms with Gasteiger partial charge < -0.3 is 4.74 Å². The zero-order valence-corrected chi connectivity index (χ0v) is 10.8. The van der Waals surface area contributed by atoms with Crippen molar-refractivity contribution in [3.63, 3.8) is 0 Å². The van der Waals surface area contributed by atoms with Crippen LogP contribution in [0.2, 0.25) is 0 Å². The SMILES string of the molecule is CC(=O)Oc1ccc(-c2ccccn2)c(Br)c1. The first-order chi connectivity index (χ1) is 8.16. The van der Waals surface area contributed by atoms with Crippen LogP contribution in [0.1, 0.15) is 6.92 Å². The predicted octanol–water partition coefficient (Wildman–Crippen LogP) is 3.44. The van der Waals surface area contributed by atoms with E-state index < -0.39 is 0 Å². The average molecular weight is 292 g/mol. The number of carbonyl (C=O) groups excluding carboxylic acids is 1. The number of benzene rings is 1. The summed E-state index contributed by atoms with van der Waals surface area (Å²) in [5.74, 6) is 0.187. The van der Waals surface area contributed by atoms with E-state index in [1.807, 2.05) is 24.3 Å². The molecule has 0 unspecified atom stereocenters. The molecule has 86 valence electrons. The van der Waals surface area contributed by atoms with E-state index >= 15 is 0 Å². The molecule has 3 nitrogen and oxygen atoms in total. The van der Waals surface area contributed by atoms with Crippen LogP contribution < -0.4 is 4.74 Å². The van der Waals surface area contributed by atoms with Gasteiger partial charge in [0.25, 0.3) is 0 Å². The largest absolute Gasteiger partial charge is 0.427 e. The maximum atomic E-state index is 10.8. The highest BCUT2D eigenvalue weighted by molar-refractivity contribution is 9.10. The van der Waals surface area contributed by atoms with E-state index in [0.717, 1.165) is 15.7 Å². The second-order valence-electron chi connectivity index (χ2n) is 3.45. The Morgan fingerprint density at radius 3 is 2.71 bits per heavy atom. The van der Waals surface area contributed by atoms with Gasteiger partial charge in [-0.3, -0.25) is 9.78 Å². The van der Waals surface area contributed by atoms with E-state index in [2.05, 4.69) is 20.9 Å². The zero-order chi connectivity index (χ0) is 12.3. The van der Waals surface area contributed by atoms with Crippen molar-refractivity contribution in [1.82, 2.24) is 4.98 Å². The van der Waals surface area contributed by atoms with Gasteiger partial charge in [-0.1, -0.05) is 6.07 Å². The molecule has 0 atom stereocenters. The molecule has 4 heteroatoms. The predicted molar refractivity (Wildman–Crippen MR) is 68.7 cm³/mol. The van der Waals surface area contributed by atoms with Gasteiger partial charge in [0.15, 0.2) is 0 Å². The zero-order valence-electron chi connectivity index (χ0n) is 9.18. The molecule has 0 radical (unpaired) electrons. The van der Waals surface area contributed by atoms with Gasteiger partial charge in [0.1, 0.15) is 5.75 Å². The maximum Gasteiger partial charge on any atom is 0.308 e. The number of aromatic nitrogens is 1. The van der Waals surface area contributed by atoms with Gasteiger partial charge >= 0.3 is 5.97 Å². The van der Waals surface area contributed by atoms with Gasteiger partial charge in [0, 0.05) is 23.2 Å². The second-order valence-corrected chi connectivity index (χ2v) is 4.30. The van der Waals surface area contributed by atoms with Crippen LogP contribution in [-0.2, 0) is 4.79 Å². The lowest BCUT2D eigenvalue weighted by Crippen LogP contribution is -2.01. The van der Waals surface area contributed by atoms with Crippen molar-refractivity contribution >= 4 is 21.9 Å². The Bertz CT molecular complexity index is 540. The first-order valence-electron chi connectivity index (χ1n) is 5.06. The summed E-state index contributed by atoms with van der Waals surface area (Å²) in [7, 11) is 0. The molecule has 0 aliphatic rings. The topological polar surface area (TPSA) is 39.2 Å². The molecule has 0 saturated heterocycles. The molecule has 0 saturated carbocycles. The quantitative estimate of drug-likeness (QED) is 0.628. The number of carbonyl (C=O) groups is 1. The molecule has 0 amide bonds. The van der Waals surface area contributed by atoms with Gasteiger partial charge in [-0.25, -0.2) is 0 Å². The van der Waals surface area contributed by atoms with Crippen LogP contribution in [-0.4, -0.2) is 11.0 Å². The van der Waals surface area contributed by atoms with E-state index in [4.69, 9.17) is 4.74 Å². The fraction of sp³-hybridized carbons (Fsp3) is 0.0769. The first-order valence-corrected chi connectivity index (χ1v) is 5.85. The van der Waals surface area contributed by atoms with Crippen molar-refractivity contribution in [2.24, 2.45) is 0 Å². The Balaban J connectivity index is 2.35. The molecule has 0 bridgehead atoms. The summed E-state index contributed by atoms with van der Waals surface area (Å²) in [4.78, 5) is 15.1. The van der Waals surface area contributed by atoms with E-state index in [-0.39, 0.29) is 5.97 Å². The van der Waals surface area contributed by atoms with E-state index in [1.165, 1.54) is 6.92 Å². The van der Waals surface area contributed by atoms with Crippen molar-refractivity contribution in [3.05, 3.63) is 47.1 Å². The van der Waals surface area contributed by atoms with E-state index in [0.29, 0.717) is 5.75 Å². The van der Waals surface area contributed by atoms with Gasteiger partial charge in [-0.2, -0.15) is 0 Å². The van der Waals surface area contributed by atoms with Gasteiger partial charge in [-0.05, 0) is 46.3 Å². The summed E-state index contributed by atoms with van der Waals surface area (Å²) in [6.45, 7) is 1.38. The fourth-order valence-electron chi connectivity index (χ4n) is 1.46. The Morgan fingerprint density at radius 2 is 2.12 bits per heavy atom. The number of hydrogen-bond acceptors (Lipinski definition) is 3. The average Bonchev–Trinajstić information content (AvgIpc) is 2.29. The highest BCUT2D eigenvalue weighted by Gasteiger charge is 2.06. The van der Waals surface area contributed by atoms with Crippen LogP contribution in [0.3, 0.4) is 0 Å². The first kappa shape index (κ1) is 11.8. The minimum Gasteiger partial charge on any atom is -0.427 e. The lowest BCUT2D eigenvalue weighted by Gasteiger charge is -2.06. The van der Waals surface area contributed by atoms with Crippen molar-refractivity contribution in [1.29, 1.82) is 0 Å². The monoisotopic (exact) mass is 291 g/mol. The summed E-state index contributed by atoms with van der Waals surface area (Å²) in [6.07, 6.45) is 1.74. The number of halogens is 1. The van der Waals surface area contributed by atoms with Gasteiger partial charge in [0.2, 0.25) is 0 Å². The van der Waals surface area contributed by atoms with Crippen molar-refractivity contribution < 1.29 is 9.53 Å². The Hall–Kier alpha value is -1.68. The highest BCUT2D eigenvalue weighted by Crippen LogP contribution is 2.30. The van der Waals surface area contributed by atoms with Crippen LogP contribution in [0.5, 0.6) is 5.75 Å². The third kappa shape index (κ3) is 2.91. The molecule has 0 aliphatic carbocycles. The third-order valence-corrected chi connectivity index (χ3v) is 2.80. The minimum atomic E-state index is -0.331. The highest BCUT2D eigenvalue weighted by atomic mass is 79.9. The summed E-state index contributed by atoms with van der Waals surface area (Å²) in [5, 5.41) is 0. The number of rotatable bonds is 2. The Kier molecular flexibility index (Phi) is 3.54. The maximum absolute atomic E-state index is 10.8. The summed E-state index contributed by atoms with van der Waals surface area (Å²) < 4.78 is 5.84. The summed E-state index contributed by atoms with van der Waals surface area (Å²) in [6, 6.07) is 11.1. The molecule has 0 fully saturated rings. The number of ether oxygens (including phenoxy) is 1. The van der Waals surface area contributed by atoms with Crippen LogP contribution in [0.15, 0.2) is 47.1 Å². The summed E-state index contributed by atoms with van der Waals surface area (Å²) >= 11 is 3.44. The molecule has 0 spiro atoms. The molecule has 0 N–H and O–H groups in total. The van der Waals surface area contributed by atoms with Crippen molar-refractivity contribution in [2.75, 3.05) is 0 Å². The molecule has 1 aromatic carbocycles. The van der Waals surface area contributed by atoms with Crippen molar-refractivity contribution in [3.8, 4) is 17.0 Å². The van der Waals surface area contributed by atoms with Crippen LogP contribution in [0, 0.1) is 0 Å². The van der Waals surface area contributed by atoms with Gasteiger partial charge in [-0.15, -0.1) is 0 Å². The molecule has 0 aliphatic heterocycles. The smallest absolute Gasteiger partial charge is 0.308 e. The number of esters is 1. The minimum absolute atomic E-state index is 0.331. The molecule has 2 rings (SSSR count).